The number of piperazine rings is 1. The molecule has 1 aliphatic heterocycles. The van der Waals surface area contributed by atoms with Gasteiger partial charge in [0.15, 0.2) is 5.82 Å². The van der Waals surface area contributed by atoms with E-state index in [9.17, 15) is 23.2 Å². The fraction of sp³-hybridized carbons (Fsp3) is 0.348. The summed E-state index contributed by atoms with van der Waals surface area (Å²) in [4.78, 5) is 37.8. The number of hydrogen-bond donors (Lipinski definition) is 1. The molecule has 0 unspecified atom stereocenters. The molecule has 1 saturated heterocycles. The summed E-state index contributed by atoms with van der Waals surface area (Å²) >= 11 is 5.96. The molecule has 11 heteroatoms. The van der Waals surface area contributed by atoms with Gasteiger partial charge < -0.3 is 19.6 Å². The smallest absolute Gasteiger partial charge is 0.410 e. The Hall–Kier alpha value is -2.53. The van der Waals surface area contributed by atoms with Gasteiger partial charge in [-0.3, -0.25) is 4.79 Å². The predicted octanol–water partition coefficient (Wildman–Crippen LogP) is 5.57. The molecule has 7 nitrogen and oxygen atoms in total. The average molecular weight is 606 g/mol. The number of carbonyl (C=O) groups excluding carboxylic acids is 2. The van der Waals surface area contributed by atoms with Crippen LogP contribution in [0.15, 0.2) is 45.3 Å². The van der Waals surface area contributed by atoms with E-state index in [-0.39, 0.29) is 26.0 Å². The van der Waals surface area contributed by atoms with Gasteiger partial charge in [-0.25, -0.2) is 18.4 Å². The summed E-state index contributed by atoms with van der Waals surface area (Å²) in [5.74, 6) is -2.93. The van der Waals surface area contributed by atoms with E-state index < -0.39 is 29.3 Å². The van der Waals surface area contributed by atoms with Gasteiger partial charge in [-0.15, -0.1) is 0 Å². The second kappa shape index (κ2) is 11.7. The molecule has 0 saturated carbocycles. The molecular weight excluding hydrogens is 582 g/mol. The van der Waals surface area contributed by atoms with E-state index >= 15 is 0 Å². The van der Waals surface area contributed by atoms with Crippen LogP contribution >= 0.6 is 31.9 Å². The van der Waals surface area contributed by atoms with Crippen molar-refractivity contribution in [3.8, 4) is 0 Å². The molecule has 1 N–H and O–H groups in total. The lowest BCUT2D eigenvalue weighted by molar-refractivity contribution is 0.0140. The lowest BCUT2D eigenvalue weighted by Crippen LogP contribution is -2.51. The first-order chi connectivity index (χ1) is 15.8. The summed E-state index contributed by atoms with van der Waals surface area (Å²) < 4.78 is 32.6. The van der Waals surface area contributed by atoms with E-state index in [4.69, 9.17) is 9.84 Å². The molecule has 1 aliphatic rings. The van der Waals surface area contributed by atoms with E-state index in [1.165, 1.54) is 24.3 Å². The largest absolute Gasteiger partial charge is 0.478 e. The minimum atomic E-state index is -1.26. The maximum Gasteiger partial charge on any atom is 0.410 e. The van der Waals surface area contributed by atoms with Crippen LogP contribution in [0.3, 0.4) is 0 Å². The van der Waals surface area contributed by atoms with Crippen molar-refractivity contribution in [3.63, 3.8) is 0 Å². The van der Waals surface area contributed by atoms with Crippen molar-refractivity contribution >= 4 is 49.8 Å². The first-order valence-electron chi connectivity index (χ1n) is 10.2. The fourth-order valence-corrected chi connectivity index (χ4v) is 3.66. The maximum atomic E-state index is 14.0. The number of hydrogen-bond acceptors (Lipinski definition) is 4. The molecule has 34 heavy (non-hydrogen) atoms. The topological polar surface area (TPSA) is 87.2 Å². The predicted molar refractivity (Wildman–Crippen MR) is 129 cm³/mol. The Morgan fingerprint density at radius 1 is 0.853 bits per heavy atom. The zero-order valence-corrected chi connectivity index (χ0v) is 22.0. The zero-order chi connectivity index (χ0) is 25.6. The molecule has 0 bridgehead atoms. The molecule has 1 heterocycles. The third-order valence-electron chi connectivity index (χ3n) is 4.58. The molecule has 0 radical (unpaired) electrons. The van der Waals surface area contributed by atoms with Crippen molar-refractivity contribution in [2.24, 2.45) is 0 Å². The van der Waals surface area contributed by atoms with Gasteiger partial charge in [0.1, 0.15) is 11.4 Å². The summed E-state index contributed by atoms with van der Waals surface area (Å²) in [6.45, 7) is 6.86. The number of benzene rings is 2. The normalized spacial score (nSPS) is 13.6. The summed E-state index contributed by atoms with van der Waals surface area (Å²) in [6, 6.07) is 8.76. The van der Waals surface area contributed by atoms with Crippen molar-refractivity contribution in [1.29, 1.82) is 0 Å². The number of nitrogens with zero attached hydrogens (tertiary/aromatic N) is 2. The average Bonchev–Trinajstić information content (AvgIpc) is 2.76. The Morgan fingerprint density at radius 3 is 1.74 bits per heavy atom. The van der Waals surface area contributed by atoms with E-state index in [1.54, 1.807) is 42.7 Å². The maximum absolute atomic E-state index is 14.0. The third-order valence-corrected chi connectivity index (χ3v) is 5.81. The zero-order valence-electron chi connectivity index (χ0n) is 18.8. The summed E-state index contributed by atoms with van der Waals surface area (Å²) in [5, 5.41) is 8.43. The Kier molecular flexibility index (Phi) is 9.57. The second-order valence-electron chi connectivity index (χ2n) is 8.27. The van der Waals surface area contributed by atoms with Crippen LogP contribution in [0.5, 0.6) is 0 Å². The number of carboxylic acids is 1. The number of carboxylic acid groups (broad SMARTS) is 1. The van der Waals surface area contributed by atoms with Gasteiger partial charge in [-0.2, -0.15) is 0 Å². The summed E-state index contributed by atoms with van der Waals surface area (Å²) in [6.07, 6.45) is -0.391. The van der Waals surface area contributed by atoms with Gasteiger partial charge in [-0.05, 0) is 76.9 Å². The number of ether oxygens (including phenoxy) is 1. The highest BCUT2D eigenvalue weighted by atomic mass is 79.9. The molecule has 0 spiro atoms. The van der Waals surface area contributed by atoms with Crippen LogP contribution in [0.25, 0.3) is 0 Å². The van der Waals surface area contributed by atoms with E-state index in [2.05, 4.69) is 31.9 Å². The number of aromatic carboxylic acids is 1. The third kappa shape index (κ3) is 7.49. The Labute approximate surface area is 212 Å². The lowest BCUT2D eigenvalue weighted by atomic mass is 10.1. The van der Waals surface area contributed by atoms with Crippen LogP contribution in [0, 0.1) is 11.6 Å². The van der Waals surface area contributed by atoms with Crippen LogP contribution in [0.1, 0.15) is 41.5 Å². The highest BCUT2D eigenvalue weighted by Gasteiger charge is 2.29. The number of halogens is 4. The van der Waals surface area contributed by atoms with Crippen molar-refractivity contribution in [3.05, 3.63) is 68.1 Å². The van der Waals surface area contributed by atoms with E-state index in [1.807, 2.05) is 0 Å². The van der Waals surface area contributed by atoms with Crippen LogP contribution in [0.4, 0.5) is 13.6 Å². The highest BCUT2D eigenvalue weighted by molar-refractivity contribution is 9.10. The molecule has 2 aromatic carbocycles. The molecule has 3 rings (SSSR count). The van der Waals surface area contributed by atoms with Gasteiger partial charge in [-0.1, -0.05) is 12.1 Å². The molecule has 2 aromatic rings. The minimum absolute atomic E-state index is 0.0325. The monoisotopic (exact) mass is 604 g/mol. The first-order valence-corrected chi connectivity index (χ1v) is 11.8. The van der Waals surface area contributed by atoms with Gasteiger partial charge in [0.05, 0.1) is 20.1 Å². The Balaban J connectivity index is 0.000000310. The van der Waals surface area contributed by atoms with E-state index in [0.717, 1.165) is 0 Å². The number of carbonyl (C=O) groups is 3. The standard InChI is InChI=1S/C16H20BrFN2O3.C7H4BrFO2/c1-16(2,3)23-15(22)20-9-7-19(8-10-20)14(21)11-5-4-6-12(17)13(11)18;8-5-3-1-2-4(6(5)9)7(10)11/h4-6H,7-10H2,1-3H3;1-3H,(H,10,11). The van der Waals surface area contributed by atoms with Gasteiger partial charge >= 0.3 is 12.1 Å². The molecule has 1 fully saturated rings. The molecule has 0 atom stereocenters. The van der Waals surface area contributed by atoms with Crippen molar-refractivity contribution in [2.45, 2.75) is 26.4 Å². The molecule has 184 valence electrons. The van der Waals surface area contributed by atoms with Gasteiger partial charge in [0, 0.05) is 26.2 Å². The Bertz CT molecular complexity index is 1070. The quantitative estimate of drug-likeness (QED) is 0.484. The number of amides is 2. The highest BCUT2D eigenvalue weighted by Crippen LogP contribution is 2.21. The number of rotatable bonds is 2. The second-order valence-corrected chi connectivity index (χ2v) is 9.98. The van der Waals surface area contributed by atoms with Crippen LogP contribution < -0.4 is 0 Å². The molecule has 0 aromatic heterocycles. The minimum Gasteiger partial charge on any atom is -0.478 e. The van der Waals surface area contributed by atoms with Crippen LogP contribution in [-0.2, 0) is 4.74 Å². The Morgan fingerprint density at radius 2 is 1.29 bits per heavy atom. The first kappa shape index (κ1) is 27.7. The SMILES string of the molecule is CC(C)(C)OC(=O)N1CCN(C(=O)c2cccc(Br)c2F)CC1.O=C(O)c1cccc(Br)c1F. The van der Waals surface area contributed by atoms with Crippen molar-refractivity contribution in [1.82, 2.24) is 9.80 Å². The van der Waals surface area contributed by atoms with Crippen LogP contribution in [0.2, 0.25) is 0 Å². The summed E-state index contributed by atoms with van der Waals surface area (Å²) in [7, 11) is 0. The van der Waals surface area contributed by atoms with E-state index in [0.29, 0.717) is 26.2 Å². The van der Waals surface area contributed by atoms with Crippen molar-refractivity contribution in [2.75, 3.05) is 26.2 Å². The van der Waals surface area contributed by atoms with Gasteiger partial charge in [0.25, 0.3) is 5.91 Å². The molecule has 2 amide bonds. The summed E-state index contributed by atoms with van der Waals surface area (Å²) in [5.41, 5.74) is -0.840. The fourth-order valence-electron chi connectivity index (χ4n) is 2.93. The van der Waals surface area contributed by atoms with Crippen LogP contribution in [-0.4, -0.2) is 64.7 Å². The van der Waals surface area contributed by atoms with Crippen molar-refractivity contribution < 1.29 is 33.0 Å². The molecule has 0 aliphatic carbocycles. The van der Waals surface area contributed by atoms with Gasteiger partial charge in [0.2, 0.25) is 0 Å². The molecular formula is C23H24Br2F2N2O5. The lowest BCUT2D eigenvalue weighted by Gasteiger charge is -2.35.